The lowest BCUT2D eigenvalue weighted by molar-refractivity contribution is -0.870. The minimum absolute atomic E-state index is 0.0665. The lowest BCUT2D eigenvalue weighted by Crippen LogP contribution is -2.46. The Bertz CT molecular complexity index is 1810. The summed E-state index contributed by atoms with van der Waals surface area (Å²) in [5, 5.41) is 14.1. The van der Waals surface area contributed by atoms with E-state index in [9.17, 15) is 19.4 Å². The first-order chi connectivity index (χ1) is 40.5. The number of nitrogens with zero attached hydrogens (tertiary/aromatic N) is 1. The second-order valence-electron chi connectivity index (χ2n) is 23.8. The molecule has 3 unspecified atom stereocenters. The number of allylic oxidation sites excluding steroid dienone is 22. The normalized spacial score (nSPS) is 14.5. The summed E-state index contributed by atoms with van der Waals surface area (Å²) < 4.78 is 23.8. The molecule has 0 rings (SSSR count). The fourth-order valence-corrected chi connectivity index (χ4v) is 10.1. The number of carbonyl (C=O) groups is 1. The van der Waals surface area contributed by atoms with Crippen molar-refractivity contribution in [2.45, 2.75) is 289 Å². The molecule has 0 aliphatic rings. The van der Waals surface area contributed by atoms with Crippen molar-refractivity contribution in [3.05, 3.63) is 134 Å². The lowest BCUT2D eigenvalue weighted by atomic mass is 10.0. The van der Waals surface area contributed by atoms with Gasteiger partial charge in [0.1, 0.15) is 13.2 Å². The molecular weight excluding hydrogens is 1040 g/mol. The van der Waals surface area contributed by atoms with E-state index >= 15 is 0 Å². The highest BCUT2D eigenvalue weighted by Gasteiger charge is 2.28. The molecule has 3 N–H and O–H groups in total. The minimum atomic E-state index is -4.34. The Balaban J connectivity index is 4.13. The van der Waals surface area contributed by atoms with Crippen molar-refractivity contribution in [1.82, 2.24) is 5.32 Å². The molecule has 0 saturated heterocycles. The molecule has 0 radical (unpaired) electrons. The highest BCUT2D eigenvalue weighted by Crippen LogP contribution is 2.43. The zero-order valence-corrected chi connectivity index (χ0v) is 55.3. The van der Waals surface area contributed by atoms with Crippen LogP contribution < -0.4 is 5.32 Å². The second-order valence-corrected chi connectivity index (χ2v) is 25.3. The van der Waals surface area contributed by atoms with Crippen LogP contribution in [0.25, 0.3) is 0 Å². The number of amides is 1. The van der Waals surface area contributed by atoms with Gasteiger partial charge in [-0.15, -0.1) is 0 Å². The average molecular weight is 1170 g/mol. The number of likely N-dealkylation sites (N-methyl/N-ethyl adjacent to an activating group) is 1. The zero-order valence-electron chi connectivity index (χ0n) is 54.4. The van der Waals surface area contributed by atoms with Crippen LogP contribution in [0, 0.1) is 0 Å². The van der Waals surface area contributed by atoms with E-state index in [1.165, 1.54) is 128 Å². The quantitative estimate of drug-likeness (QED) is 0.0243. The van der Waals surface area contributed by atoms with Gasteiger partial charge in [0.15, 0.2) is 0 Å². The maximum Gasteiger partial charge on any atom is 0.472 e. The van der Waals surface area contributed by atoms with Crippen molar-refractivity contribution in [2.75, 3.05) is 40.9 Å². The van der Waals surface area contributed by atoms with Crippen LogP contribution in [0.15, 0.2) is 134 Å². The number of unbranched alkanes of at least 4 members (excludes halogenated alkanes) is 26. The summed E-state index contributed by atoms with van der Waals surface area (Å²) in [6.45, 7) is 4.78. The van der Waals surface area contributed by atoms with Gasteiger partial charge in [-0.2, -0.15) is 0 Å². The van der Waals surface area contributed by atoms with Gasteiger partial charge in [0, 0.05) is 6.42 Å². The van der Waals surface area contributed by atoms with Crippen LogP contribution in [-0.2, 0) is 18.4 Å². The van der Waals surface area contributed by atoms with Crippen molar-refractivity contribution < 1.29 is 32.9 Å². The third-order valence-corrected chi connectivity index (χ3v) is 15.6. The van der Waals surface area contributed by atoms with Gasteiger partial charge in [-0.1, -0.05) is 308 Å². The molecule has 3 atom stereocenters. The fraction of sp³-hybridized carbons (Fsp3) is 0.689. The number of aliphatic hydroxyl groups excluding tert-OH is 1. The summed E-state index contributed by atoms with van der Waals surface area (Å²) in [6.07, 6.45) is 95.3. The number of hydrogen-bond donors (Lipinski definition) is 3. The molecular formula is C74H130N2O6P+. The maximum absolute atomic E-state index is 13.1. The van der Waals surface area contributed by atoms with E-state index in [0.717, 1.165) is 122 Å². The maximum atomic E-state index is 13.1. The Labute approximate surface area is 513 Å². The third-order valence-electron chi connectivity index (χ3n) is 14.7. The predicted molar refractivity (Wildman–Crippen MR) is 364 cm³/mol. The molecule has 0 aromatic heterocycles. The molecule has 476 valence electrons. The molecule has 0 heterocycles. The Morgan fingerprint density at radius 1 is 0.422 bits per heavy atom. The smallest absolute Gasteiger partial charge is 0.391 e. The van der Waals surface area contributed by atoms with Crippen molar-refractivity contribution in [3.8, 4) is 0 Å². The van der Waals surface area contributed by atoms with Crippen molar-refractivity contribution in [3.63, 3.8) is 0 Å². The van der Waals surface area contributed by atoms with Crippen LogP contribution in [0.4, 0.5) is 0 Å². The topological polar surface area (TPSA) is 105 Å². The molecule has 0 fully saturated rings. The number of quaternary nitrogens is 1. The lowest BCUT2D eigenvalue weighted by Gasteiger charge is -2.26. The summed E-state index contributed by atoms with van der Waals surface area (Å²) in [5.74, 6) is -0.158. The first kappa shape index (κ1) is 79.6. The highest BCUT2D eigenvalue weighted by molar-refractivity contribution is 7.47. The van der Waals surface area contributed by atoms with Crippen molar-refractivity contribution >= 4 is 13.7 Å². The van der Waals surface area contributed by atoms with Crippen LogP contribution in [0.2, 0.25) is 0 Å². The molecule has 0 aromatic rings. The summed E-state index contributed by atoms with van der Waals surface area (Å²) in [5.41, 5.74) is 0. The number of phosphoric acid groups is 1. The van der Waals surface area contributed by atoms with E-state index in [1.54, 1.807) is 0 Å². The second kappa shape index (κ2) is 63.2. The molecule has 0 aliphatic heterocycles. The van der Waals surface area contributed by atoms with Crippen molar-refractivity contribution in [2.24, 2.45) is 0 Å². The third kappa shape index (κ3) is 66.0. The molecule has 0 aromatic carbocycles. The summed E-state index contributed by atoms with van der Waals surface area (Å²) >= 11 is 0. The van der Waals surface area contributed by atoms with Gasteiger partial charge in [-0.05, 0) is 96.3 Å². The largest absolute Gasteiger partial charge is 0.472 e. The molecule has 0 bridgehead atoms. The number of hydrogen-bond acceptors (Lipinski definition) is 5. The predicted octanol–water partition coefficient (Wildman–Crippen LogP) is 21.8. The molecule has 8 nitrogen and oxygen atoms in total. The monoisotopic (exact) mass is 1170 g/mol. The van der Waals surface area contributed by atoms with Gasteiger partial charge >= 0.3 is 7.82 Å². The van der Waals surface area contributed by atoms with Gasteiger partial charge in [0.2, 0.25) is 5.91 Å². The Morgan fingerprint density at radius 3 is 1.06 bits per heavy atom. The standard InChI is InChI=1S/C74H129N2O6P/c1-6-8-10-12-14-16-18-20-22-24-26-28-29-30-31-32-33-34-35-36-37-38-39-40-41-42-43-44-45-46-47-48-50-52-54-56-58-60-62-64-66-68-74(78)75-72(71-82-83(79,80)81-70-69-76(3,4)5)73(77)67-65-63-61-59-57-55-53-51-49-27-25-23-21-19-17-15-13-11-9-7-2/h8,10,14,16,20,22,26,28,30-31,33-34,36-37,39-40,42-43,45-46,48,50,72-73,77H,6-7,9,11-13,15,17-19,21,23-25,27,29,32,35,38,41,44,47,49,51-71H2,1-5H3,(H-,75,78,79,80)/p+1/b10-8-,16-14-,22-20-,28-26-,31-30-,34-33-,37-36-,40-39-,43-42-,46-45-,50-48-. The first-order valence-corrected chi connectivity index (χ1v) is 35.5. The van der Waals surface area contributed by atoms with Crippen LogP contribution in [0.5, 0.6) is 0 Å². The summed E-state index contributed by atoms with van der Waals surface area (Å²) in [6, 6.07) is -0.777. The number of rotatable bonds is 61. The van der Waals surface area contributed by atoms with Gasteiger partial charge in [0.05, 0.1) is 39.9 Å². The van der Waals surface area contributed by atoms with Gasteiger partial charge in [-0.3, -0.25) is 13.8 Å². The minimum Gasteiger partial charge on any atom is -0.391 e. The van der Waals surface area contributed by atoms with Gasteiger partial charge < -0.3 is 19.8 Å². The van der Waals surface area contributed by atoms with E-state index in [4.69, 9.17) is 9.05 Å². The molecule has 1 amide bonds. The number of nitrogens with one attached hydrogen (secondary N) is 1. The van der Waals surface area contributed by atoms with E-state index in [0.29, 0.717) is 23.9 Å². The van der Waals surface area contributed by atoms with E-state index in [2.05, 4.69) is 153 Å². The average Bonchev–Trinajstić information content (AvgIpc) is 3.49. The zero-order chi connectivity index (χ0) is 60.5. The molecule has 83 heavy (non-hydrogen) atoms. The van der Waals surface area contributed by atoms with Crippen LogP contribution >= 0.6 is 7.82 Å². The number of aliphatic hydroxyl groups is 1. The van der Waals surface area contributed by atoms with E-state index in [-0.39, 0.29) is 19.1 Å². The van der Waals surface area contributed by atoms with Crippen LogP contribution in [0.1, 0.15) is 277 Å². The summed E-state index contributed by atoms with van der Waals surface area (Å²) in [7, 11) is 1.60. The Morgan fingerprint density at radius 2 is 0.723 bits per heavy atom. The van der Waals surface area contributed by atoms with Crippen molar-refractivity contribution in [1.29, 1.82) is 0 Å². The van der Waals surface area contributed by atoms with Gasteiger partial charge in [-0.25, -0.2) is 4.57 Å². The van der Waals surface area contributed by atoms with Crippen LogP contribution in [0.3, 0.4) is 0 Å². The van der Waals surface area contributed by atoms with Gasteiger partial charge in [0.25, 0.3) is 0 Å². The first-order valence-electron chi connectivity index (χ1n) is 34.0. The Kier molecular flexibility index (Phi) is 60.6. The summed E-state index contributed by atoms with van der Waals surface area (Å²) in [4.78, 5) is 23.4. The SMILES string of the molecule is CC/C=C\C/C=C\C/C=C\C/C=C\C/C=C\C/C=C\C/C=C\C/C=C\C/C=C\C/C=C\C/C=C\CCCCCCCCCC(=O)NC(COP(=O)(O)OCC[N+](C)(C)C)C(O)CCCCCCCCCCCCCCCCCCCCCC. The molecule has 0 spiro atoms. The Hall–Kier alpha value is -3.36. The molecule has 0 saturated carbocycles. The molecule has 0 aliphatic carbocycles. The molecule has 9 heteroatoms. The van der Waals surface area contributed by atoms with E-state index < -0.39 is 20.0 Å². The number of phosphoric ester groups is 1. The fourth-order valence-electron chi connectivity index (χ4n) is 9.41. The van der Waals surface area contributed by atoms with Crippen LogP contribution in [-0.4, -0.2) is 73.4 Å². The van der Waals surface area contributed by atoms with E-state index in [1.807, 2.05) is 21.1 Å². The highest BCUT2D eigenvalue weighted by atomic mass is 31.2. The number of carbonyl (C=O) groups excluding carboxylic acids is 1.